The van der Waals surface area contributed by atoms with Crippen LogP contribution in [0.2, 0.25) is 0 Å². The fraction of sp³-hybridized carbons (Fsp3) is 0.800. The summed E-state index contributed by atoms with van der Waals surface area (Å²) < 4.78 is 21.2. The molecule has 4 aliphatic rings. The van der Waals surface area contributed by atoms with Gasteiger partial charge in [0.2, 0.25) is 5.78 Å². The highest BCUT2D eigenvalue weighted by Crippen LogP contribution is 2.68. The summed E-state index contributed by atoms with van der Waals surface area (Å²) in [5.41, 5.74) is -1.64. The molecule has 3 fully saturated rings. The second kappa shape index (κ2) is 11.6. The molecule has 0 radical (unpaired) electrons. The molecule has 0 aliphatic heterocycles. The Hall–Kier alpha value is -2.42. The monoisotopic (exact) mass is 548 g/mol. The molecule has 7 atom stereocenters. The Morgan fingerprint density at radius 3 is 2.49 bits per heavy atom. The summed E-state index contributed by atoms with van der Waals surface area (Å²) >= 11 is 0. The third-order valence-corrected chi connectivity index (χ3v) is 10.3. The van der Waals surface area contributed by atoms with Gasteiger partial charge in [0.15, 0.2) is 18.0 Å². The van der Waals surface area contributed by atoms with Crippen LogP contribution in [0.4, 0.5) is 9.59 Å². The number of rotatable bonds is 9. The van der Waals surface area contributed by atoms with Crippen molar-refractivity contribution in [3.63, 3.8) is 0 Å². The van der Waals surface area contributed by atoms with Crippen molar-refractivity contribution < 1.29 is 43.2 Å². The first-order chi connectivity index (χ1) is 18.5. The quantitative estimate of drug-likeness (QED) is 0.301. The summed E-state index contributed by atoms with van der Waals surface area (Å²) in [7, 11) is 0. The molecular formula is C30H44O9. The van der Waals surface area contributed by atoms with Crippen LogP contribution < -0.4 is 0 Å². The molecular weight excluding hydrogens is 504 g/mol. The van der Waals surface area contributed by atoms with E-state index in [0.717, 1.165) is 31.3 Å². The molecule has 218 valence electrons. The van der Waals surface area contributed by atoms with E-state index in [1.165, 1.54) is 0 Å². The molecule has 3 saturated carbocycles. The predicted molar refractivity (Wildman–Crippen MR) is 141 cm³/mol. The van der Waals surface area contributed by atoms with Gasteiger partial charge >= 0.3 is 12.3 Å². The first-order valence-electron chi connectivity index (χ1n) is 14.6. The van der Waals surface area contributed by atoms with E-state index in [1.54, 1.807) is 13.0 Å². The number of allylic oxidation sites excluding steroid dienone is 1. The summed E-state index contributed by atoms with van der Waals surface area (Å²) in [6, 6.07) is 0. The van der Waals surface area contributed by atoms with Gasteiger partial charge in [0.1, 0.15) is 0 Å². The molecule has 0 aromatic rings. The lowest BCUT2D eigenvalue weighted by Crippen LogP contribution is -2.63. The number of ketones is 2. The second-order valence-corrected chi connectivity index (χ2v) is 12.2. The zero-order chi connectivity index (χ0) is 28.4. The van der Waals surface area contributed by atoms with E-state index < -0.39 is 41.8 Å². The van der Waals surface area contributed by atoms with Crippen molar-refractivity contribution in [2.45, 2.75) is 104 Å². The van der Waals surface area contributed by atoms with Crippen LogP contribution in [0.25, 0.3) is 0 Å². The highest BCUT2D eigenvalue weighted by Gasteiger charge is 2.70. The average Bonchev–Trinajstić information content (AvgIpc) is 3.17. The molecule has 0 aromatic heterocycles. The zero-order valence-corrected chi connectivity index (χ0v) is 23.8. The van der Waals surface area contributed by atoms with Crippen LogP contribution in [0.3, 0.4) is 0 Å². The van der Waals surface area contributed by atoms with Gasteiger partial charge in [-0.1, -0.05) is 39.2 Å². The first kappa shape index (κ1) is 29.6. The molecule has 0 bridgehead atoms. The van der Waals surface area contributed by atoms with Gasteiger partial charge in [-0.25, -0.2) is 9.59 Å². The Kier molecular flexibility index (Phi) is 8.79. The SMILES string of the molecule is CCCCCOC(=O)O[C@]1(C(=O)COC(=O)OCC)CC[C@H]2[C@@H]3CCC4=CC(=O)CC[C@]4(C)[C@H]3[C@@H](O)C[C@@]21C. The maximum absolute atomic E-state index is 13.8. The number of hydrogen-bond acceptors (Lipinski definition) is 9. The van der Waals surface area contributed by atoms with Gasteiger partial charge in [0.25, 0.3) is 0 Å². The lowest BCUT2D eigenvalue weighted by molar-refractivity contribution is -0.187. The van der Waals surface area contributed by atoms with Gasteiger partial charge in [-0.3, -0.25) is 9.59 Å². The Labute approximate surface area is 231 Å². The van der Waals surface area contributed by atoms with Gasteiger partial charge in [0, 0.05) is 11.8 Å². The third kappa shape index (κ3) is 5.23. The van der Waals surface area contributed by atoms with Gasteiger partial charge in [-0.05, 0) is 81.1 Å². The van der Waals surface area contributed by atoms with Crippen LogP contribution in [0.5, 0.6) is 0 Å². The first-order valence-corrected chi connectivity index (χ1v) is 14.6. The van der Waals surface area contributed by atoms with E-state index in [-0.39, 0.29) is 55.0 Å². The van der Waals surface area contributed by atoms with E-state index in [0.29, 0.717) is 25.7 Å². The smallest absolute Gasteiger partial charge is 0.435 e. The number of hydrogen-bond donors (Lipinski definition) is 1. The van der Waals surface area contributed by atoms with Crippen LogP contribution in [-0.4, -0.2) is 60.5 Å². The maximum Gasteiger partial charge on any atom is 0.509 e. The number of Topliss-reactive ketones (excluding diaryl/α,β-unsaturated/α-hetero) is 1. The van der Waals surface area contributed by atoms with Crippen LogP contribution in [-0.2, 0) is 28.5 Å². The van der Waals surface area contributed by atoms with Gasteiger partial charge < -0.3 is 24.1 Å². The van der Waals surface area contributed by atoms with Crippen LogP contribution >= 0.6 is 0 Å². The molecule has 0 saturated heterocycles. The maximum atomic E-state index is 13.8. The number of ether oxygens (including phenoxy) is 4. The van der Waals surface area contributed by atoms with Gasteiger partial charge in [0.05, 0.1) is 19.3 Å². The molecule has 0 amide bonds. The number of fused-ring (bicyclic) bond motifs is 5. The molecule has 4 rings (SSSR count). The minimum atomic E-state index is -1.60. The molecule has 9 heteroatoms. The van der Waals surface area contributed by atoms with E-state index in [2.05, 4.69) is 6.92 Å². The van der Waals surface area contributed by atoms with Crippen molar-refractivity contribution in [2.75, 3.05) is 19.8 Å². The minimum Gasteiger partial charge on any atom is -0.435 e. The third-order valence-electron chi connectivity index (χ3n) is 10.3. The normalized spacial score (nSPS) is 37.1. The fourth-order valence-corrected chi connectivity index (χ4v) is 8.44. The van der Waals surface area contributed by atoms with Crippen molar-refractivity contribution in [3.8, 4) is 0 Å². The summed E-state index contributed by atoms with van der Waals surface area (Å²) in [4.78, 5) is 50.8. The number of aliphatic hydroxyl groups excluding tert-OH is 1. The highest BCUT2D eigenvalue weighted by molar-refractivity contribution is 5.93. The Morgan fingerprint density at radius 2 is 1.77 bits per heavy atom. The number of aliphatic hydroxyl groups is 1. The van der Waals surface area contributed by atoms with E-state index >= 15 is 0 Å². The van der Waals surface area contributed by atoms with E-state index in [4.69, 9.17) is 18.9 Å². The summed E-state index contributed by atoms with van der Waals surface area (Å²) in [6.07, 6.45) is 5.61. The Morgan fingerprint density at radius 1 is 1.00 bits per heavy atom. The van der Waals surface area contributed by atoms with Crippen LogP contribution in [0.1, 0.15) is 91.9 Å². The van der Waals surface area contributed by atoms with E-state index in [1.807, 2.05) is 13.8 Å². The number of unbranched alkanes of at least 4 members (excludes halogenated alkanes) is 2. The summed E-state index contributed by atoms with van der Waals surface area (Å²) in [6.45, 7) is 7.48. The van der Waals surface area contributed by atoms with Crippen molar-refractivity contribution >= 4 is 23.9 Å². The standard InChI is InChI=1S/C30H44O9/c1-5-7-8-15-37-27(35)39-30(24(33)18-38-26(34)36-6-2)14-12-22-21-10-9-19-16-20(31)11-13-28(19,3)25(21)23(32)17-29(22,30)4/h16,21-23,25,32H,5-15,17-18H2,1-4H3/t21-,22-,23-,25+,28-,29-,30-/m0/s1. The van der Waals surface area contributed by atoms with Crippen molar-refractivity contribution in [1.29, 1.82) is 0 Å². The molecule has 39 heavy (non-hydrogen) atoms. The Bertz CT molecular complexity index is 1000. The molecule has 0 aromatic carbocycles. The summed E-state index contributed by atoms with van der Waals surface area (Å²) in [5, 5.41) is 11.7. The fourth-order valence-electron chi connectivity index (χ4n) is 8.44. The zero-order valence-electron chi connectivity index (χ0n) is 23.8. The molecule has 0 spiro atoms. The number of carbonyl (C=O) groups excluding carboxylic acids is 4. The van der Waals surface area contributed by atoms with Crippen molar-refractivity contribution in [3.05, 3.63) is 11.6 Å². The number of carbonyl (C=O) groups is 4. The lowest BCUT2D eigenvalue weighted by atomic mass is 9.45. The molecule has 1 N–H and O–H groups in total. The molecule has 4 aliphatic carbocycles. The van der Waals surface area contributed by atoms with Gasteiger partial charge in [-0.2, -0.15) is 0 Å². The minimum absolute atomic E-state index is 0.00124. The van der Waals surface area contributed by atoms with Crippen LogP contribution in [0.15, 0.2) is 11.6 Å². The molecule has 0 unspecified atom stereocenters. The second-order valence-electron chi connectivity index (χ2n) is 12.2. The molecule has 9 nitrogen and oxygen atoms in total. The van der Waals surface area contributed by atoms with Gasteiger partial charge in [-0.15, -0.1) is 0 Å². The molecule has 0 heterocycles. The van der Waals surface area contributed by atoms with E-state index in [9.17, 15) is 24.3 Å². The Balaban J connectivity index is 1.63. The predicted octanol–water partition coefficient (Wildman–Crippen LogP) is 5.31. The lowest BCUT2D eigenvalue weighted by Gasteiger charge is -2.60. The van der Waals surface area contributed by atoms with Crippen molar-refractivity contribution in [1.82, 2.24) is 0 Å². The average molecular weight is 549 g/mol. The van der Waals surface area contributed by atoms with Crippen molar-refractivity contribution in [2.24, 2.45) is 28.6 Å². The topological polar surface area (TPSA) is 125 Å². The summed E-state index contributed by atoms with van der Waals surface area (Å²) in [5.74, 6) is -0.330. The van der Waals surface area contributed by atoms with Crippen LogP contribution in [0, 0.1) is 28.6 Å². The largest absolute Gasteiger partial charge is 0.509 e. The highest BCUT2D eigenvalue weighted by atomic mass is 16.7.